The highest BCUT2D eigenvalue weighted by Crippen LogP contribution is 2.45. The number of phosphoric acid groups is 2. The predicted octanol–water partition coefficient (Wildman–Crippen LogP) is 20.5. The number of unbranched alkanes of at least 4 members (excludes halogenated alkanes) is 34. The van der Waals surface area contributed by atoms with Crippen LogP contribution in [0.3, 0.4) is 0 Å². The molecule has 0 rings (SSSR count). The molecule has 91 heavy (non-hydrogen) atoms. The van der Waals surface area contributed by atoms with Crippen molar-refractivity contribution in [3.63, 3.8) is 0 Å². The van der Waals surface area contributed by atoms with Gasteiger partial charge in [-0.25, -0.2) is 9.13 Å². The summed E-state index contributed by atoms with van der Waals surface area (Å²) in [6, 6.07) is 0. The van der Waals surface area contributed by atoms with E-state index in [0.717, 1.165) is 114 Å². The molecule has 0 amide bonds. The minimum Gasteiger partial charge on any atom is -0.462 e. The molecule has 19 heteroatoms. The number of rotatable bonds is 69. The summed E-state index contributed by atoms with van der Waals surface area (Å²) in [5.74, 6) is 0.885. The smallest absolute Gasteiger partial charge is 0.462 e. The Kier molecular flexibility index (Phi) is 60.3. The zero-order valence-electron chi connectivity index (χ0n) is 59.5. The standard InChI is InChI=1S/C72H140O17P2/c1-9-65(8)51-43-35-27-21-22-30-39-47-55-72(77)89-67(58-82-69(74)52-44-36-28-20-16-18-25-33-41-49-63(4)5)60-86-90(78,79)84-56-66(73)57-85-91(80,81)87-61-68(59-83-70(75)53-45-37-31-23-26-34-42-50-64(6)7)88-71(76)54-46-38-29-19-15-13-11-10-12-14-17-24-32-40-48-62(2)3/h62-68,73H,9-61H2,1-8H3,(H,78,79)(H,80,81)/t65?,66?,67-,68-/m1/s1. The lowest BCUT2D eigenvalue weighted by Gasteiger charge is -2.21. The van der Waals surface area contributed by atoms with Crippen LogP contribution < -0.4 is 0 Å². The van der Waals surface area contributed by atoms with Crippen molar-refractivity contribution in [1.29, 1.82) is 0 Å². The molecule has 540 valence electrons. The first-order chi connectivity index (χ1) is 43.6. The van der Waals surface area contributed by atoms with Gasteiger partial charge in [-0.3, -0.25) is 37.3 Å². The van der Waals surface area contributed by atoms with Gasteiger partial charge in [-0.2, -0.15) is 0 Å². The predicted molar refractivity (Wildman–Crippen MR) is 367 cm³/mol. The van der Waals surface area contributed by atoms with Crippen LogP contribution in [0.1, 0.15) is 357 Å². The molecule has 6 atom stereocenters. The van der Waals surface area contributed by atoms with Crippen molar-refractivity contribution < 1.29 is 80.2 Å². The van der Waals surface area contributed by atoms with E-state index in [1.54, 1.807) is 0 Å². The maximum absolute atomic E-state index is 13.0. The summed E-state index contributed by atoms with van der Waals surface area (Å²) in [4.78, 5) is 72.6. The Morgan fingerprint density at radius 2 is 0.527 bits per heavy atom. The summed E-state index contributed by atoms with van der Waals surface area (Å²) in [6.45, 7) is 14.1. The van der Waals surface area contributed by atoms with Crippen LogP contribution in [-0.4, -0.2) is 96.7 Å². The Labute approximate surface area is 556 Å². The molecule has 0 aliphatic rings. The van der Waals surface area contributed by atoms with E-state index in [2.05, 4.69) is 55.4 Å². The number of phosphoric ester groups is 2. The van der Waals surface area contributed by atoms with Gasteiger partial charge in [0.1, 0.15) is 19.3 Å². The lowest BCUT2D eigenvalue weighted by molar-refractivity contribution is -0.161. The molecule has 0 heterocycles. The van der Waals surface area contributed by atoms with Crippen LogP contribution >= 0.6 is 15.6 Å². The average Bonchev–Trinajstić information content (AvgIpc) is 3.65. The van der Waals surface area contributed by atoms with E-state index in [1.807, 2.05) is 0 Å². The van der Waals surface area contributed by atoms with Gasteiger partial charge in [-0.1, -0.05) is 306 Å². The molecule has 0 aromatic rings. The van der Waals surface area contributed by atoms with Crippen molar-refractivity contribution in [2.75, 3.05) is 39.6 Å². The zero-order valence-corrected chi connectivity index (χ0v) is 61.3. The Balaban J connectivity index is 5.24. The maximum Gasteiger partial charge on any atom is 0.472 e. The van der Waals surface area contributed by atoms with Crippen LogP contribution in [0.4, 0.5) is 0 Å². The lowest BCUT2D eigenvalue weighted by Crippen LogP contribution is -2.30. The first-order valence-corrected chi connectivity index (χ1v) is 40.2. The Hall–Kier alpha value is -1.94. The average molecular weight is 1340 g/mol. The zero-order chi connectivity index (χ0) is 67.5. The molecule has 0 radical (unpaired) electrons. The second kappa shape index (κ2) is 61.6. The molecular weight excluding hydrogens is 1200 g/mol. The molecule has 0 aliphatic heterocycles. The molecule has 0 fully saturated rings. The van der Waals surface area contributed by atoms with E-state index in [4.69, 9.17) is 37.0 Å². The van der Waals surface area contributed by atoms with Gasteiger partial charge in [-0.05, 0) is 49.4 Å². The Morgan fingerprint density at radius 3 is 0.780 bits per heavy atom. The quantitative estimate of drug-likeness (QED) is 0.0222. The number of hydrogen-bond acceptors (Lipinski definition) is 15. The Bertz CT molecular complexity index is 1800. The molecular formula is C72H140O17P2. The number of aliphatic hydroxyl groups excluding tert-OH is 1. The molecule has 0 aliphatic carbocycles. The van der Waals surface area contributed by atoms with E-state index in [1.165, 1.54) is 154 Å². The third kappa shape index (κ3) is 65.1. The van der Waals surface area contributed by atoms with Crippen molar-refractivity contribution in [3.05, 3.63) is 0 Å². The molecule has 4 unspecified atom stereocenters. The lowest BCUT2D eigenvalue weighted by atomic mass is 9.99. The van der Waals surface area contributed by atoms with Gasteiger partial charge in [0.05, 0.1) is 26.4 Å². The number of ether oxygens (including phenoxy) is 4. The summed E-state index contributed by atoms with van der Waals surface area (Å²) in [5, 5.41) is 10.6. The van der Waals surface area contributed by atoms with Gasteiger partial charge in [0.25, 0.3) is 0 Å². The van der Waals surface area contributed by atoms with Gasteiger partial charge >= 0.3 is 39.5 Å². The van der Waals surface area contributed by atoms with E-state index in [9.17, 15) is 43.2 Å². The van der Waals surface area contributed by atoms with E-state index >= 15 is 0 Å². The van der Waals surface area contributed by atoms with Crippen LogP contribution in [-0.2, 0) is 65.4 Å². The van der Waals surface area contributed by atoms with E-state index in [-0.39, 0.29) is 25.7 Å². The molecule has 3 N–H and O–H groups in total. The summed E-state index contributed by atoms with van der Waals surface area (Å²) in [7, 11) is -9.91. The van der Waals surface area contributed by atoms with Gasteiger partial charge in [-0.15, -0.1) is 0 Å². The van der Waals surface area contributed by atoms with Crippen molar-refractivity contribution in [3.8, 4) is 0 Å². The number of aliphatic hydroxyl groups is 1. The summed E-state index contributed by atoms with van der Waals surface area (Å²) < 4.78 is 68.4. The van der Waals surface area contributed by atoms with Crippen molar-refractivity contribution >= 4 is 39.5 Å². The first kappa shape index (κ1) is 89.1. The fourth-order valence-corrected chi connectivity index (χ4v) is 12.4. The molecule has 0 aromatic heterocycles. The van der Waals surface area contributed by atoms with Crippen LogP contribution in [0.15, 0.2) is 0 Å². The van der Waals surface area contributed by atoms with Crippen molar-refractivity contribution in [1.82, 2.24) is 0 Å². The third-order valence-electron chi connectivity index (χ3n) is 16.9. The third-order valence-corrected chi connectivity index (χ3v) is 18.8. The van der Waals surface area contributed by atoms with Gasteiger partial charge < -0.3 is 33.8 Å². The highest BCUT2D eigenvalue weighted by atomic mass is 31.2. The molecule has 0 bridgehead atoms. The minimum absolute atomic E-state index is 0.104. The molecule has 17 nitrogen and oxygen atoms in total. The number of carbonyl (C=O) groups is 4. The minimum atomic E-state index is -4.95. The van der Waals surface area contributed by atoms with Gasteiger partial charge in [0, 0.05) is 25.7 Å². The van der Waals surface area contributed by atoms with Gasteiger partial charge in [0.15, 0.2) is 12.2 Å². The monoisotopic (exact) mass is 1340 g/mol. The van der Waals surface area contributed by atoms with E-state index in [0.29, 0.717) is 31.6 Å². The SMILES string of the molecule is CCC(C)CCCCCCCCCCC(=O)O[C@H](COC(=O)CCCCCCCCCCCC(C)C)COP(=O)(O)OCC(O)COP(=O)(O)OC[C@@H](COC(=O)CCCCCCCCCC(C)C)OC(=O)CCCCCCCCCCCCCCCCC(C)C. The summed E-state index contributed by atoms with van der Waals surface area (Å²) >= 11 is 0. The molecule has 0 aromatic carbocycles. The number of hydrogen-bond donors (Lipinski definition) is 3. The fraction of sp³-hybridized carbons (Fsp3) is 0.944. The van der Waals surface area contributed by atoms with Crippen molar-refractivity contribution in [2.45, 2.75) is 375 Å². The molecule has 0 saturated heterocycles. The second-order valence-corrected chi connectivity index (χ2v) is 30.6. The van der Waals surface area contributed by atoms with Crippen LogP contribution in [0, 0.1) is 23.7 Å². The van der Waals surface area contributed by atoms with E-state index < -0.39 is 97.5 Å². The number of carbonyl (C=O) groups excluding carboxylic acids is 4. The first-order valence-electron chi connectivity index (χ1n) is 37.2. The fourth-order valence-electron chi connectivity index (χ4n) is 10.8. The largest absolute Gasteiger partial charge is 0.472 e. The summed E-state index contributed by atoms with van der Waals surface area (Å²) in [5.41, 5.74) is 0. The summed E-state index contributed by atoms with van der Waals surface area (Å²) in [6.07, 6.45) is 44.5. The van der Waals surface area contributed by atoms with Crippen molar-refractivity contribution in [2.24, 2.45) is 23.7 Å². The Morgan fingerprint density at radius 1 is 0.308 bits per heavy atom. The maximum atomic E-state index is 13.0. The number of esters is 4. The van der Waals surface area contributed by atoms with Crippen LogP contribution in [0.5, 0.6) is 0 Å². The van der Waals surface area contributed by atoms with Gasteiger partial charge in [0.2, 0.25) is 0 Å². The highest BCUT2D eigenvalue weighted by molar-refractivity contribution is 7.47. The second-order valence-electron chi connectivity index (χ2n) is 27.6. The van der Waals surface area contributed by atoms with Crippen LogP contribution in [0.2, 0.25) is 0 Å². The molecule has 0 saturated carbocycles. The topological polar surface area (TPSA) is 237 Å². The van der Waals surface area contributed by atoms with Crippen LogP contribution in [0.25, 0.3) is 0 Å². The highest BCUT2D eigenvalue weighted by Gasteiger charge is 2.30. The molecule has 0 spiro atoms. The normalized spacial score (nSPS) is 14.5.